The molecule has 192 valence electrons. The molecule has 1 atom stereocenters. The van der Waals surface area contributed by atoms with E-state index in [1.165, 1.54) is 38.2 Å². The number of aliphatic hydroxyl groups is 1. The molecule has 0 unspecified atom stereocenters. The number of hydrogen-bond acceptors (Lipinski definition) is 8. The Kier molecular flexibility index (Phi) is 7.66. The summed E-state index contributed by atoms with van der Waals surface area (Å²) in [6, 6.07) is 10.0. The van der Waals surface area contributed by atoms with E-state index in [9.17, 15) is 15.0 Å². The molecule has 4 N–H and O–H groups in total. The van der Waals surface area contributed by atoms with Crippen LogP contribution >= 0.6 is 11.3 Å². The van der Waals surface area contributed by atoms with E-state index in [4.69, 9.17) is 0 Å². The lowest BCUT2D eigenvalue weighted by Gasteiger charge is -2.31. The summed E-state index contributed by atoms with van der Waals surface area (Å²) < 4.78 is 2.57. The molecule has 0 saturated heterocycles. The average molecular weight is 511 g/mol. The largest absolute Gasteiger partial charge is 0.506 e. The Morgan fingerprint density at radius 3 is 2.92 bits per heavy atom. The molecule has 36 heavy (non-hydrogen) atoms. The highest BCUT2D eigenvalue weighted by molar-refractivity contribution is 7.16. The number of H-pyrrole nitrogens is 1. The Hall–Kier alpha value is -2.79. The Morgan fingerprint density at radius 2 is 2.08 bits per heavy atom. The number of aromatic amines is 1. The number of nitrogens with zero attached hydrogens (tertiary/aromatic N) is 4. The predicted molar refractivity (Wildman–Crippen MR) is 142 cm³/mol. The van der Waals surface area contributed by atoms with Crippen molar-refractivity contribution in [3.63, 3.8) is 0 Å². The maximum absolute atomic E-state index is 11.7. The molecule has 2 heterocycles. The summed E-state index contributed by atoms with van der Waals surface area (Å²) in [5, 5.41) is 32.7. The number of fused-ring (bicyclic) bond motifs is 2. The van der Waals surface area contributed by atoms with Crippen molar-refractivity contribution in [2.75, 3.05) is 20.1 Å². The van der Waals surface area contributed by atoms with Gasteiger partial charge in [-0.3, -0.25) is 4.79 Å². The molecule has 0 aliphatic heterocycles. The van der Waals surface area contributed by atoms with Crippen LogP contribution in [0.25, 0.3) is 21.3 Å². The Balaban J connectivity index is 1.14. The van der Waals surface area contributed by atoms with E-state index in [1.54, 1.807) is 6.07 Å². The van der Waals surface area contributed by atoms with Gasteiger partial charge in [0.05, 0.1) is 16.3 Å². The molecule has 1 saturated carbocycles. The minimum Gasteiger partial charge on any atom is -0.506 e. The van der Waals surface area contributed by atoms with Crippen molar-refractivity contribution in [2.24, 2.45) is 0 Å². The fourth-order valence-electron chi connectivity index (χ4n) is 5.23. The fraction of sp³-hybridized carbons (Fsp3) is 0.500. The average Bonchev–Trinajstić information content (AvgIpc) is 3.48. The molecule has 0 amide bonds. The molecule has 1 aliphatic carbocycles. The molecule has 4 aromatic rings. The van der Waals surface area contributed by atoms with Crippen LogP contribution in [-0.2, 0) is 13.1 Å². The number of aromatic hydroxyl groups is 1. The van der Waals surface area contributed by atoms with Crippen molar-refractivity contribution in [3.05, 3.63) is 51.1 Å². The maximum Gasteiger partial charge on any atom is 0.305 e. The molecule has 1 aliphatic rings. The van der Waals surface area contributed by atoms with Crippen molar-refractivity contribution in [1.29, 1.82) is 0 Å². The van der Waals surface area contributed by atoms with Crippen molar-refractivity contribution < 1.29 is 10.2 Å². The number of nitrogens with one attached hydrogen (secondary N) is 2. The molecule has 5 rings (SSSR count). The Morgan fingerprint density at radius 1 is 1.25 bits per heavy atom. The van der Waals surface area contributed by atoms with Crippen LogP contribution in [0.1, 0.15) is 55.8 Å². The molecule has 0 bridgehead atoms. The summed E-state index contributed by atoms with van der Waals surface area (Å²) in [7, 11) is 2.25. The Bertz CT molecular complexity index is 1370. The normalized spacial score (nSPS) is 15.9. The first-order valence-electron chi connectivity index (χ1n) is 12.8. The number of rotatable bonds is 10. The molecule has 2 aromatic carbocycles. The van der Waals surface area contributed by atoms with Gasteiger partial charge in [-0.25, -0.2) is 4.68 Å². The van der Waals surface area contributed by atoms with E-state index in [-0.39, 0.29) is 10.6 Å². The van der Waals surface area contributed by atoms with Crippen LogP contribution in [0.3, 0.4) is 0 Å². The van der Waals surface area contributed by atoms with Crippen LogP contribution in [0.2, 0.25) is 0 Å². The molecule has 0 spiro atoms. The number of phenols is 1. The number of phenolic OH excluding ortho intramolecular Hbond substituents is 1. The quantitative estimate of drug-likeness (QED) is 0.258. The van der Waals surface area contributed by atoms with Gasteiger partial charge in [-0.15, -0.1) is 5.10 Å². The number of benzene rings is 2. The second-order valence-corrected chi connectivity index (χ2v) is 10.8. The lowest BCUT2D eigenvalue weighted by molar-refractivity contribution is 0.176. The van der Waals surface area contributed by atoms with Gasteiger partial charge >= 0.3 is 4.87 Å². The topological polar surface area (TPSA) is 119 Å². The molecule has 2 aromatic heterocycles. The number of thiazole rings is 1. The highest BCUT2D eigenvalue weighted by Crippen LogP contribution is 2.31. The summed E-state index contributed by atoms with van der Waals surface area (Å²) in [5.74, 6) is 0.00449. The van der Waals surface area contributed by atoms with Crippen molar-refractivity contribution >= 4 is 32.6 Å². The van der Waals surface area contributed by atoms with Crippen LogP contribution in [0.4, 0.5) is 0 Å². The van der Waals surface area contributed by atoms with Crippen LogP contribution < -0.4 is 10.2 Å². The Labute approximate surface area is 213 Å². The van der Waals surface area contributed by atoms with Gasteiger partial charge in [0.15, 0.2) is 0 Å². The SMILES string of the molecule is CN(CCCn1nnc2cc(CNC[C@@H](O)c3ccc(O)c4[nH]c(=O)sc34)ccc21)C1CCCCC1. The molecular weight excluding hydrogens is 476 g/mol. The van der Waals surface area contributed by atoms with Gasteiger partial charge < -0.3 is 25.4 Å². The minimum absolute atomic E-state index is 0.00449. The second kappa shape index (κ2) is 11.1. The standard InChI is InChI=1S/C26H34N6O3S/c1-31(18-6-3-2-4-7-18)12-5-13-32-21-10-8-17(14-20(21)29-30-32)15-27-16-23(34)19-9-11-22(33)24-25(19)36-26(35)28-24/h8-11,14,18,23,27,33-34H,2-7,12-13,15-16H2,1H3,(H,28,35)/t23-/m1/s1. The van der Waals surface area contributed by atoms with Gasteiger partial charge in [-0.1, -0.05) is 47.9 Å². The van der Waals surface area contributed by atoms with E-state index in [0.29, 0.717) is 28.9 Å². The highest BCUT2D eigenvalue weighted by atomic mass is 32.1. The lowest BCUT2D eigenvalue weighted by atomic mass is 9.94. The van der Waals surface area contributed by atoms with Gasteiger partial charge in [0, 0.05) is 31.2 Å². The zero-order valence-electron chi connectivity index (χ0n) is 20.6. The lowest BCUT2D eigenvalue weighted by Crippen LogP contribution is -2.34. The van der Waals surface area contributed by atoms with E-state index >= 15 is 0 Å². The second-order valence-electron chi connectivity index (χ2n) is 9.80. The van der Waals surface area contributed by atoms with Gasteiger partial charge in [-0.05, 0) is 56.6 Å². The van der Waals surface area contributed by atoms with E-state index in [1.807, 2.05) is 10.7 Å². The number of hydrogen-bond donors (Lipinski definition) is 4. The molecular formula is C26H34N6O3S. The third kappa shape index (κ3) is 5.46. The van der Waals surface area contributed by atoms with Gasteiger partial charge in [0.2, 0.25) is 0 Å². The molecule has 10 heteroatoms. The summed E-state index contributed by atoms with van der Waals surface area (Å²) in [5.41, 5.74) is 3.95. The third-order valence-electron chi connectivity index (χ3n) is 7.27. The smallest absolute Gasteiger partial charge is 0.305 e. The van der Waals surface area contributed by atoms with Crippen molar-refractivity contribution in [1.82, 2.24) is 30.2 Å². The number of aryl methyl sites for hydroxylation is 1. The first kappa shape index (κ1) is 24.9. The first-order valence-corrected chi connectivity index (χ1v) is 13.6. The van der Waals surface area contributed by atoms with E-state index in [2.05, 4.69) is 44.7 Å². The minimum atomic E-state index is -0.809. The zero-order chi connectivity index (χ0) is 25.1. The van der Waals surface area contributed by atoms with Crippen LogP contribution in [0.5, 0.6) is 5.75 Å². The van der Waals surface area contributed by atoms with Crippen LogP contribution in [0, 0.1) is 0 Å². The highest BCUT2D eigenvalue weighted by Gasteiger charge is 2.18. The van der Waals surface area contributed by atoms with Gasteiger partial charge in [-0.2, -0.15) is 0 Å². The monoisotopic (exact) mass is 510 g/mol. The van der Waals surface area contributed by atoms with Crippen LogP contribution in [-0.4, -0.2) is 61.3 Å². The third-order valence-corrected chi connectivity index (χ3v) is 8.20. The zero-order valence-corrected chi connectivity index (χ0v) is 21.4. The van der Waals surface area contributed by atoms with Crippen molar-refractivity contribution in [3.8, 4) is 5.75 Å². The summed E-state index contributed by atoms with van der Waals surface area (Å²) in [6.45, 7) is 2.80. The predicted octanol–water partition coefficient (Wildman–Crippen LogP) is 3.52. The molecule has 9 nitrogen and oxygen atoms in total. The van der Waals surface area contributed by atoms with Crippen LogP contribution in [0.15, 0.2) is 35.1 Å². The maximum atomic E-state index is 11.7. The van der Waals surface area contributed by atoms with E-state index < -0.39 is 6.10 Å². The molecule has 1 fully saturated rings. The number of aliphatic hydroxyl groups excluding tert-OH is 1. The summed E-state index contributed by atoms with van der Waals surface area (Å²) in [6.07, 6.45) is 6.98. The van der Waals surface area contributed by atoms with Gasteiger partial charge in [0.25, 0.3) is 0 Å². The van der Waals surface area contributed by atoms with E-state index in [0.717, 1.165) is 53.5 Å². The number of aromatic nitrogens is 4. The van der Waals surface area contributed by atoms with Gasteiger partial charge in [0.1, 0.15) is 16.8 Å². The fourth-order valence-corrected chi connectivity index (χ4v) is 6.15. The van der Waals surface area contributed by atoms with Crippen molar-refractivity contribution in [2.45, 2.75) is 63.8 Å². The summed E-state index contributed by atoms with van der Waals surface area (Å²) >= 11 is 0.990. The first-order chi connectivity index (χ1) is 17.5. The summed E-state index contributed by atoms with van der Waals surface area (Å²) in [4.78, 5) is 16.6. The molecule has 0 radical (unpaired) electrons.